The molecule has 2 amide bonds. The Labute approximate surface area is 144 Å². The molecule has 2 rings (SSSR count). The zero-order valence-electron chi connectivity index (χ0n) is 13.3. The fourth-order valence-electron chi connectivity index (χ4n) is 1.92. The maximum Gasteiger partial charge on any atom is 0.255 e. The van der Waals surface area contributed by atoms with E-state index < -0.39 is 0 Å². The number of rotatable bonds is 3. The maximum atomic E-state index is 12.1. The van der Waals surface area contributed by atoms with Crippen molar-refractivity contribution in [3.05, 3.63) is 64.1 Å². The molecule has 0 aliphatic rings. The summed E-state index contributed by atoms with van der Waals surface area (Å²) in [5.41, 5.74) is 1.49. The predicted molar refractivity (Wildman–Crippen MR) is 95.8 cm³/mol. The van der Waals surface area contributed by atoms with Crippen LogP contribution in [0.3, 0.4) is 0 Å². The summed E-state index contributed by atoms with van der Waals surface area (Å²) in [4.78, 5) is 24.2. The number of amides is 2. The molecule has 0 aromatic heterocycles. The minimum atomic E-state index is -0.286. The van der Waals surface area contributed by atoms with Crippen molar-refractivity contribution >= 4 is 33.4 Å². The lowest BCUT2D eigenvalue weighted by atomic mass is 10.1. The van der Waals surface area contributed by atoms with E-state index in [9.17, 15) is 9.59 Å². The minimum absolute atomic E-state index is 0.136. The minimum Gasteiger partial charge on any atom is -0.347 e. The molecule has 2 aromatic rings. The molecule has 0 fully saturated rings. The first kappa shape index (κ1) is 17.2. The van der Waals surface area contributed by atoms with E-state index in [0.29, 0.717) is 16.8 Å². The van der Waals surface area contributed by atoms with Crippen LogP contribution in [0.5, 0.6) is 0 Å². The van der Waals surface area contributed by atoms with Crippen LogP contribution >= 0.6 is 15.9 Å². The molecular weight excluding hydrogens is 356 g/mol. The van der Waals surface area contributed by atoms with Crippen LogP contribution in [0.2, 0.25) is 0 Å². The molecule has 4 nitrogen and oxygen atoms in total. The van der Waals surface area contributed by atoms with Crippen molar-refractivity contribution in [2.45, 2.75) is 26.3 Å². The number of nitrogens with one attached hydrogen (secondary N) is 2. The lowest BCUT2D eigenvalue weighted by Gasteiger charge is -2.20. The van der Waals surface area contributed by atoms with Gasteiger partial charge in [-0.05, 0) is 69.3 Å². The quantitative estimate of drug-likeness (QED) is 0.844. The Morgan fingerprint density at radius 2 is 1.30 bits per heavy atom. The van der Waals surface area contributed by atoms with Gasteiger partial charge in [0.1, 0.15) is 0 Å². The van der Waals surface area contributed by atoms with Crippen molar-refractivity contribution < 1.29 is 9.59 Å². The normalized spacial score (nSPS) is 11.0. The summed E-state index contributed by atoms with van der Waals surface area (Å²) in [6.45, 7) is 5.78. The summed E-state index contributed by atoms with van der Waals surface area (Å²) in [6, 6.07) is 13.9. The smallest absolute Gasteiger partial charge is 0.255 e. The first-order valence-electron chi connectivity index (χ1n) is 7.24. The van der Waals surface area contributed by atoms with E-state index >= 15 is 0 Å². The number of hydrogen-bond donors (Lipinski definition) is 2. The number of benzene rings is 2. The van der Waals surface area contributed by atoms with Crippen LogP contribution in [0, 0.1) is 0 Å². The number of halogens is 1. The van der Waals surface area contributed by atoms with Crippen LogP contribution in [0.25, 0.3) is 0 Å². The van der Waals surface area contributed by atoms with Gasteiger partial charge in [-0.2, -0.15) is 0 Å². The van der Waals surface area contributed by atoms with Crippen molar-refractivity contribution in [3.8, 4) is 0 Å². The van der Waals surface area contributed by atoms with E-state index in [1.165, 1.54) is 0 Å². The maximum absolute atomic E-state index is 12.1. The first-order valence-corrected chi connectivity index (χ1v) is 8.03. The van der Waals surface area contributed by atoms with Gasteiger partial charge in [-0.1, -0.05) is 15.9 Å². The van der Waals surface area contributed by atoms with Crippen molar-refractivity contribution in [2.24, 2.45) is 0 Å². The average molecular weight is 375 g/mol. The van der Waals surface area contributed by atoms with Gasteiger partial charge in [0.2, 0.25) is 0 Å². The summed E-state index contributed by atoms with van der Waals surface area (Å²) < 4.78 is 0.920. The predicted octanol–water partition coefficient (Wildman–Crippen LogP) is 4.23. The molecule has 0 aliphatic carbocycles. The Bertz CT molecular complexity index is 701. The van der Waals surface area contributed by atoms with Crippen molar-refractivity contribution in [2.75, 3.05) is 5.32 Å². The zero-order valence-corrected chi connectivity index (χ0v) is 14.9. The Hall–Kier alpha value is -2.14. The molecule has 0 atom stereocenters. The molecule has 0 saturated heterocycles. The third kappa shape index (κ3) is 5.21. The summed E-state index contributed by atoms with van der Waals surface area (Å²) >= 11 is 3.33. The monoisotopic (exact) mass is 374 g/mol. The van der Waals surface area contributed by atoms with Crippen molar-refractivity contribution in [1.29, 1.82) is 0 Å². The Kier molecular flexibility index (Phi) is 5.21. The third-order valence-electron chi connectivity index (χ3n) is 3.00. The standard InChI is InChI=1S/C18H19BrN2O2/c1-18(2,3)21-17(23)13-6-10-15(11-7-13)20-16(22)12-4-8-14(19)9-5-12/h4-11H,1-3H3,(H,20,22)(H,21,23). The molecule has 23 heavy (non-hydrogen) atoms. The van der Waals surface area contributed by atoms with E-state index in [-0.39, 0.29) is 17.4 Å². The molecular formula is C18H19BrN2O2. The van der Waals surface area contributed by atoms with Crippen LogP contribution in [0.1, 0.15) is 41.5 Å². The highest BCUT2D eigenvalue weighted by atomic mass is 79.9. The number of anilines is 1. The molecule has 0 aliphatic heterocycles. The molecule has 5 heteroatoms. The van der Waals surface area contributed by atoms with E-state index in [0.717, 1.165) is 4.47 Å². The van der Waals surface area contributed by atoms with Gasteiger partial charge >= 0.3 is 0 Å². The van der Waals surface area contributed by atoms with Gasteiger partial charge in [0, 0.05) is 26.8 Å². The van der Waals surface area contributed by atoms with Gasteiger partial charge in [0.05, 0.1) is 0 Å². The first-order chi connectivity index (χ1) is 10.7. The molecule has 120 valence electrons. The van der Waals surface area contributed by atoms with Crippen LogP contribution in [0.15, 0.2) is 53.0 Å². The zero-order chi connectivity index (χ0) is 17.0. The fourth-order valence-corrected chi connectivity index (χ4v) is 2.19. The van der Waals surface area contributed by atoms with Gasteiger partial charge in [0.15, 0.2) is 0 Å². The SMILES string of the molecule is CC(C)(C)NC(=O)c1ccc(NC(=O)c2ccc(Br)cc2)cc1. The van der Waals surface area contributed by atoms with E-state index in [4.69, 9.17) is 0 Å². The van der Waals surface area contributed by atoms with Crippen molar-refractivity contribution in [3.63, 3.8) is 0 Å². The summed E-state index contributed by atoms with van der Waals surface area (Å²) in [5.74, 6) is -0.326. The van der Waals surface area contributed by atoms with Gasteiger partial charge in [-0.3, -0.25) is 9.59 Å². The number of carbonyl (C=O) groups is 2. The van der Waals surface area contributed by atoms with Crippen LogP contribution in [0.4, 0.5) is 5.69 Å². The van der Waals surface area contributed by atoms with Crippen LogP contribution in [-0.4, -0.2) is 17.4 Å². The fraction of sp³-hybridized carbons (Fsp3) is 0.222. The van der Waals surface area contributed by atoms with Crippen molar-refractivity contribution in [1.82, 2.24) is 5.32 Å². The number of hydrogen-bond acceptors (Lipinski definition) is 2. The van der Waals surface area contributed by atoms with Gasteiger partial charge in [-0.25, -0.2) is 0 Å². The summed E-state index contributed by atoms with van der Waals surface area (Å²) in [6.07, 6.45) is 0. The molecule has 0 radical (unpaired) electrons. The highest BCUT2D eigenvalue weighted by Crippen LogP contribution is 2.14. The molecule has 0 saturated carbocycles. The molecule has 0 heterocycles. The van der Waals surface area contributed by atoms with E-state index in [2.05, 4.69) is 26.6 Å². The molecule has 0 unspecified atom stereocenters. The highest BCUT2D eigenvalue weighted by molar-refractivity contribution is 9.10. The second kappa shape index (κ2) is 6.96. The lowest BCUT2D eigenvalue weighted by Crippen LogP contribution is -2.40. The Balaban J connectivity index is 2.04. The Morgan fingerprint density at radius 3 is 1.83 bits per heavy atom. The van der Waals surface area contributed by atoms with E-state index in [1.54, 1.807) is 36.4 Å². The van der Waals surface area contributed by atoms with E-state index in [1.807, 2.05) is 32.9 Å². The molecule has 2 aromatic carbocycles. The Morgan fingerprint density at radius 1 is 0.826 bits per heavy atom. The third-order valence-corrected chi connectivity index (χ3v) is 3.53. The summed E-state index contributed by atoms with van der Waals surface area (Å²) in [5, 5.41) is 5.70. The average Bonchev–Trinajstić information content (AvgIpc) is 2.46. The summed E-state index contributed by atoms with van der Waals surface area (Å²) in [7, 11) is 0. The number of carbonyl (C=O) groups excluding carboxylic acids is 2. The topological polar surface area (TPSA) is 58.2 Å². The molecule has 2 N–H and O–H groups in total. The molecule has 0 spiro atoms. The van der Waals surface area contributed by atoms with Gasteiger partial charge < -0.3 is 10.6 Å². The largest absolute Gasteiger partial charge is 0.347 e. The van der Waals surface area contributed by atoms with Crippen LogP contribution in [-0.2, 0) is 0 Å². The van der Waals surface area contributed by atoms with Gasteiger partial charge in [0.25, 0.3) is 11.8 Å². The lowest BCUT2D eigenvalue weighted by molar-refractivity contribution is 0.0919. The van der Waals surface area contributed by atoms with Gasteiger partial charge in [-0.15, -0.1) is 0 Å². The second-order valence-corrected chi connectivity index (χ2v) is 7.16. The highest BCUT2D eigenvalue weighted by Gasteiger charge is 2.15. The second-order valence-electron chi connectivity index (χ2n) is 6.24. The molecule has 0 bridgehead atoms. The van der Waals surface area contributed by atoms with Crippen LogP contribution < -0.4 is 10.6 Å².